The molecule has 98 valence electrons. The Morgan fingerprint density at radius 3 is 2.50 bits per heavy atom. The Morgan fingerprint density at radius 1 is 1.39 bits per heavy atom. The van der Waals surface area contributed by atoms with Gasteiger partial charge in [-0.25, -0.2) is 4.79 Å². The largest absolute Gasteiger partial charge is 0.480 e. The van der Waals surface area contributed by atoms with Crippen LogP contribution < -0.4 is 5.32 Å². The van der Waals surface area contributed by atoms with Crippen molar-refractivity contribution in [2.75, 3.05) is 0 Å². The van der Waals surface area contributed by atoms with Gasteiger partial charge < -0.3 is 10.4 Å². The number of carbonyl (C=O) groups excluding carboxylic acids is 1. The molecule has 1 atom stereocenters. The predicted octanol–water partition coefficient (Wildman–Crippen LogP) is 0.151. The second-order valence-electron chi connectivity index (χ2n) is 3.26. The van der Waals surface area contributed by atoms with Crippen LogP contribution in [-0.4, -0.2) is 39.2 Å². The molecule has 0 bridgehead atoms. The number of nitrogens with zero attached hydrogens (tertiary/aromatic N) is 2. The summed E-state index contributed by atoms with van der Waals surface area (Å²) in [7, 11) is 0. The fourth-order valence-electron chi connectivity index (χ4n) is 1.08. The number of aromatic nitrogens is 2. The Labute approximate surface area is 98.9 Å². The van der Waals surface area contributed by atoms with Crippen LogP contribution in [0.3, 0.4) is 0 Å². The molecule has 0 saturated heterocycles. The lowest BCUT2D eigenvalue weighted by Crippen LogP contribution is -2.48. The summed E-state index contributed by atoms with van der Waals surface area (Å²) in [6, 6.07) is -1.71. The van der Waals surface area contributed by atoms with Crippen molar-refractivity contribution < 1.29 is 27.9 Å². The van der Waals surface area contributed by atoms with Crippen LogP contribution in [0.5, 0.6) is 0 Å². The highest BCUT2D eigenvalue weighted by Crippen LogP contribution is 2.14. The number of carbonyl (C=O) groups is 2. The minimum absolute atomic E-state index is 0.160. The van der Waals surface area contributed by atoms with Crippen LogP contribution in [-0.2, 0) is 16.0 Å². The van der Waals surface area contributed by atoms with Crippen molar-refractivity contribution in [2.24, 2.45) is 0 Å². The van der Waals surface area contributed by atoms with E-state index in [2.05, 4.69) is 9.97 Å². The quantitative estimate of drug-likeness (QED) is 0.806. The number of rotatable bonds is 4. The smallest absolute Gasteiger partial charge is 0.471 e. The molecular formula is C9H8F3N3O3. The second-order valence-corrected chi connectivity index (χ2v) is 3.26. The van der Waals surface area contributed by atoms with Crippen LogP contribution >= 0.6 is 0 Å². The van der Waals surface area contributed by atoms with E-state index in [9.17, 15) is 22.8 Å². The van der Waals surface area contributed by atoms with Crippen LogP contribution in [0.1, 0.15) is 5.69 Å². The number of nitrogens with one attached hydrogen (secondary N) is 1. The molecule has 1 aromatic rings. The van der Waals surface area contributed by atoms with Gasteiger partial charge in [-0.3, -0.25) is 14.8 Å². The molecule has 0 unspecified atom stereocenters. The van der Waals surface area contributed by atoms with Gasteiger partial charge in [-0.15, -0.1) is 0 Å². The molecular weight excluding hydrogens is 255 g/mol. The van der Waals surface area contributed by atoms with Crippen molar-refractivity contribution in [1.82, 2.24) is 15.3 Å². The zero-order valence-electron chi connectivity index (χ0n) is 8.81. The first kappa shape index (κ1) is 13.9. The van der Waals surface area contributed by atoms with Gasteiger partial charge in [0.15, 0.2) is 0 Å². The fraction of sp³-hybridized carbons (Fsp3) is 0.333. The van der Waals surface area contributed by atoms with E-state index in [1.54, 1.807) is 0 Å². The zero-order chi connectivity index (χ0) is 13.8. The van der Waals surface area contributed by atoms with Gasteiger partial charge >= 0.3 is 18.1 Å². The third kappa shape index (κ3) is 4.00. The first-order valence-corrected chi connectivity index (χ1v) is 4.66. The number of hydrogen-bond acceptors (Lipinski definition) is 4. The van der Waals surface area contributed by atoms with Gasteiger partial charge in [-0.1, -0.05) is 0 Å². The summed E-state index contributed by atoms with van der Waals surface area (Å²) in [6.45, 7) is 0. The molecule has 2 N–H and O–H groups in total. The Kier molecular flexibility index (Phi) is 4.18. The number of halogens is 3. The maximum atomic E-state index is 12.0. The van der Waals surface area contributed by atoms with Crippen LogP contribution in [0.4, 0.5) is 13.2 Å². The maximum absolute atomic E-state index is 12.0. The van der Waals surface area contributed by atoms with Crippen LogP contribution in [0.15, 0.2) is 18.6 Å². The third-order valence-electron chi connectivity index (χ3n) is 1.89. The zero-order valence-corrected chi connectivity index (χ0v) is 8.81. The van der Waals surface area contributed by atoms with Crippen LogP contribution in [0.25, 0.3) is 0 Å². The molecule has 1 amide bonds. The number of amides is 1. The number of carboxylic acid groups (broad SMARTS) is 1. The SMILES string of the molecule is O=C(O)[C@@H](Cc1cnccn1)NC(=O)C(F)(F)F. The first-order chi connectivity index (χ1) is 8.30. The number of alkyl halides is 3. The van der Waals surface area contributed by atoms with Gasteiger partial charge in [0.05, 0.1) is 5.69 Å². The predicted molar refractivity (Wildman–Crippen MR) is 51.4 cm³/mol. The van der Waals surface area contributed by atoms with Crippen molar-refractivity contribution in [3.63, 3.8) is 0 Å². The molecule has 1 aromatic heterocycles. The average Bonchev–Trinajstić information content (AvgIpc) is 2.28. The summed E-state index contributed by atoms with van der Waals surface area (Å²) in [6.07, 6.45) is -1.72. The van der Waals surface area contributed by atoms with E-state index in [1.807, 2.05) is 0 Å². The molecule has 0 fully saturated rings. The molecule has 0 radical (unpaired) electrons. The van der Waals surface area contributed by atoms with Crippen molar-refractivity contribution in [1.29, 1.82) is 0 Å². The lowest BCUT2D eigenvalue weighted by Gasteiger charge is -2.15. The number of aliphatic carboxylic acids is 1. The minimum atomic E-state index is -5.13. The molecule has 0 aliphatic carbocycles. The molecule has 0 spiro atoms. The standard InChI is InChI=1S/C9H8F3N3O3/c10-9(11,12)8(18)15-6(7(16)17)3-5-4-13-1-2-14-5/h1-2,4,6H,3H2,(H,15,18)(H,16,17)/t6-/m1/s1. The lowest BCUT2D eigenvalue weighted by molar-refractivity contribution is -0.175. The normalized spacial score (nSPS) is 12.8. The van der Waals surface area contributed by atoms with Gasteiger partial charge in [-0.05, 0) is 0 Å². The second kappa shape index (κ2) is 5.43. The molecule has 6 nitrogen and oxygen atoms in total. The van der Waals surface area contributed by atoms with Gasteiger partial charge in [0.1, 0.15) is 6.04 Å². The summed E-state index contributed by atoms with van der Waals surface area (Å²) in [5.41, 5.74) is 0.160. The van der Waals surface area contributed by atoms with E-state index in [0.717, 1.165) is 0 Å². The summed E-state index contributed by atoms with van der Waals surface area (Å²) in [5, 5.41) is 10.1. The summed E-state index contributed by atoms with van der Waals surface area (Å²) < 4.78 is 35.9. The van der Waals surface area contributed by atoms with E-state index in [1.165, 1.54) is 23.9 Å². The Hall–Kier alpha value is -2.19. The molecule has 9 heteroatoms. The topological polar surface area (TPSA) is 92.2 Å². The lowest BCUT2D eigenvalue weighted by atomic mass is 10.1. The number of hydrogen-bond donors (Lipinski definition) is 2. The summed E-state index contributed by atoms with van der Waals surface area (Å²) in [4.78, 5) is 28.7. The molecule has 1 rings (SSSR count). The summed E-state index contributed by atoms with van der Waals surface area (Å²) >= 11 is 0. The first-order valence-electron chi connectivity index (χ1n) is 4.66. The molecule has 18 heavy (non-hydrogen) atoms. The van der Waals surface area contributed by atoms with Crippen LogP contribution in [0.2, 0.25) is 0 Å². The van der Waals surface area contributed by atoms with Crippen molar-refractivity contribution >= 4 is 11.9 Å². The van der Waals surface area contributed by atoms with E-state index >= 15 is 0 Å². The summed E-state index contributed by atoms with van der Waals surface area (Å²) in [5.74, 6) is -3.89. The highest BCUT2D eigenvalue weighted by Gasteiger charge is 2.40. The molecule has 1 heterocycles. The number of carboxylic acids is 1. The minimum Gasteiger partial charge on any atom is -0.480 e. The highest BCUT2D eigenvalue weighted by atomic mass is 19.4. The Balaban J connectivity index is 2.73. The average molecular weight is 263 g/mol. The third-order valence-corrected chi connectivity index (χ3v) is 1.89. The van der Waals surface area contributed by atoms with Gasteiger partial charge in [0.2, 0.25) is 0 Å². The molecule has 0 aliphatic heterocycles. The fourth-order valence-corrected chi connectivity index (χ4v) is 1.08. The molecule has 0 aliphatic rings. The van der Waals surface area contributed by atoms with Crippen molar-refractivity contribution in [3.8, 4) is 0 Å². The van der Waals surface area contributed by atoms with E-state index in [-0.39, 0.29) is 12.1 Å². The molecule has 0 aromatic carbocycles. The molecule has 0 saturated carbocycles. The van der Waals surface area contributed by atoms with Crippen LogP contribution in [0, 0.1) is 0 Å². The Morgan fingerprint density at radius 2 is 2.06 bits per heavy atom. The van der Waals surface area contributed by atoms with Crippen molar-refractivity contribution in [3.05, 3.63) is 24.3 Å². The van der Waals surface area contributed by atoms with E-state index in [0.29, 0.717) is 0 Å². The van der Waals surface area contributed by atoms with Gasteiger partial charge in [0.25, 0.3) is 0 Å². The van der Waals surface area contributed by atoms with Gasteiger partial charge in [0, 0.05) is 25.0 Å². The van der Waals surface area contributed by atoms with E-state index < -0.39 is 24.1 Å². The Bertz CT molecular complexity index is 436. The van der Waals surface area contributed by atoms with Crippen molar-refractivity contribution in [2.45, 2.75) is 18.6 Å². The highest BCUT2D eigenvalue weighted by molar-refractivity contribution is 5.87. The van der Waals surface area contributed by atoms with E-state index in [4.69, 9.17) is 5.11 Å². The van der Waals surface area contributed by atoms with Gasteiger partial charge in [-0.2, -0.15) is 13.2 Å². The monoisotopic (exact) mass is 263 g/mol. The maximum Gasteiger partial charge on any atom is 0.471 e.